The third-order valence-corrected chi connectivity index (χ3v) is 13.0. The molecule has 0 radical (unpaired) electrons. The predicted octanol–water partition coefficient (Wildman–Crippen LogP) is 7.53. The van der Waals surface area contributed by atoms with Gasteiger partial charge in [-0.1, -0.05) is 92.4 Å². The largest absolute Gasteiger partial charge is 0.313 e. The lowest BCUT2D eigenvalue weighted by molar-refractivity contribution is 0.422. The normalized spacial score (nSPS) is 27.4. The van der Waals surface area contributed by atoms with E-state index in [0.29, 0.717) is 11.8 Å². The lowest BCUT2D eigenvalue weighted by Crippen LogP contribution is -2.32. The lowest BCUT2D eigenvalue weighted by Gasteiger charge is -2.34. The second-order valence-corrected chi connectivity index (χ2v) is 14.1. The van der Waals surface area contributed by atoms with E-state index in [4.69, 9.17) is 0 Å². The highest BCUT2D eigenvalue weighted by Gasteiger charge is 2.46. The summed E-state index contributed by atoms with van der Waals surface area (Å²) < 4.78 is 15.1. The highest BCUT2D eigenvalue weighted by atomic mass is 32.2. The molecule has 164 valence electrons. The van der Waals surface area contributed by atoms with Crippen LogP contribution in [0.3, 0.4) is 0 Å². The van der Waals surface area contributed by atoms with Gasteiger partial charge in [-0.05, 0) is 55.3 Å². The Morgan fingerprint density at radius 3 is 2.00 bits per heavy atom. The summed E-state index contributed by atoms with van der Waals surface area (Å²) in [6.45, 7) is 0. The Morgan fingerprint density at radius 1 is 0.710 bits per heavy atom. The number of benzene rings is 2. The Bertz CT molecular complexity index is 888. The summed E-state index contributed by atoms with van der Waals surface area (Å²) >= 11 is 2.18. The average molecular weight is 451 g/mol. The molecule has 3 aliphatic rings. The molecule has 2 saturated carbocycles. The van der Waals surface area contributed by atoms with Crippen molar-refractivity contribution in [3.63, 3.8) is 0 Å². The molecule has 2 aromatic rings. The first kappa shape index (κ1) is 21.6. The Morgan fingerprint density at radius 2 is 1.35 bits per heavy atom. The van der Waals surface area contributed by atoms with Crippen molar-refractivity contribution in [3.05, 3.63) is 71.6 Å². The maximum Gasteiger partial charge on any atom is 0.146 e. The fraction of sp³-hybridized carbons (Fsp3) is 0.500. The Labute approximate surface area is 192 Å². The van der Waals surface area contributed by atoms with Gasteiger partial charge >= 0.3 is 0 Å². The molecule has 2 aromatic carbocycles. The van der Waals surface area contributed by atoms with Crippen molar-refractivity contribution in [2.45, 2.75) is 75.1 Å². The zero-order chi connectivity index (χ0) is 21.1. The molecule has 0 aromatic heterocycles. The summed E-state index contributed by atoms with van der Waals surface area (Å²) in [4.78, 5) is 1.61. The van der Waals surface area contributed by atoms with E-state index in [1.165, 1.54) is 51.4 Å². The topological polar surface area (TPSA) is 17.1 Å². The van der Waals surface area contributed by atoms with E-state index >= 15 is 4.57 Å². The molecule has 0 saturated heterocycles. The van der Waals surface area contributed by atoms with Gasteiger partial charge in [0.15, 0.2) is 0 Å². The minimum atomic E-state index is -2.71. The molecular formula is C28H35OPS. The van der Waals surface area contributed by atoms with Crippen molar-refractivity contribution in [2.75, 3.05) is 0 Å². The van der Waals surface area contributed by atoms with Gasteiger partial charge in [-0.2, -0.15) is 0 Å². The van der Waals surface area contributed by atoms with Gasteiger partial charge in [0.1, 0.15) is 7.14 Å². The summed E-state index contributed by atoms with van der Waals surface area (Å²) in [5.41, 5.74) is 0.255. The van der Waals surface area contributed by atoms with Gasteiger partial charge in [-0.25, -0.2) is 0 Å². The van der Waals surface area contributed by atoms with Crippen LogP contribution in [0.2, 0.25) is 0 Å². The van der Waals surface area contributed by atoms with Crippen molar-refractivity contribution in [3.8, 4) is 0 Å². The minimum absolute atomic E-state index is 0.255. The number of thioether (sulfide) groups is 1. The van der Waals surface area contributed by atoms with Crippen LogP contribution in [0, 0.1) is 11.8 Å². The Kier molecular flexibility index (Phi) is 6.77. The molecule has 0 N–H and O–H groups in total. The van der Waals surface area contributed by atoms with Crippen LogP contribution in [-0.4, -0.2) is 10.9 Å². The zero-order valence-corrected chi connectivity index (χ0v) is 20.2. The second kappa shape index (κ2) is 9.72. The van der Waals surface area contributed by atoms with E-state index in [1.54, 1.807) is 4.91 Å². The summed E-state index contributed by atoms with van der Waals surface area (Å²) in [7, 11) is -2.71. The first-order chi connectivity index (χ1) is 15.2. The van der Waals surface area contributed by atoms with Crippen LogP contribution in [0.1, 0.15) is 64.2 Å². The van der Waals surface area contributed by atoms with E-state index < -0.39 is 7.14 Å². The summed E-state index contributed by atoms with van der Waals surface area (Å²) in [5, 5.41) is 2.92. The van der Waals surface area contributed by atoms with E-state index in [9.17, 15) is 0 Å². The van der Waals surface area contributed by atoms with Crippen LogP contribution < -0.4 is 10.6 Å². The van der Waals surface area contributed by atoms with Crippen molar-refractivity contribution in [1.29, 1.82) is 0 Å². The predicted molar refractivity (Wildman–Crippen MR) is 136 cm³/mol. The zero-order valence-electron chi connectivity index (χ0n) is 18.5. The highest BCUT2D eigenvalue weighted by Crippen LogP contribution is 2.59. The van der Waals surface area contributed by atoms with Crippen LogP contribution in [0.15, 0.2) is 71.6 Å². The fourth-order valence-corrected chi connectivity index (χ4v) is 11.5. The summed E-state index contributed by atoms with van der Waals surface area (Å²) in [6, 6.07) is 20.8. The van der Waals surface area contributed by atoms with Gasteiger partial charge in [0.05, 0.1) is 0 Å². The third kappa shape index (κ3) is 4.49. The monoisotopic (exact) mass is 450 g/mol. The standard InChI is InChI=1S/C28H35OPS/c29-30(23-12-4-1-5-13-23,24-14-6-2-7-15-24)28-20-19-26(21-22-11-10-18-27(22)28)31-25-16-8-3-9-17-25/h1-2,4-7,12-15,21-22,25,27-28H,3,8-11,16-20H2/t22-,27-,28-/m1/s1. The first-order valence-corrected chi connectivity index (χ1v) is 15.0. The van der Waals surface area contributed by atoms with Crippen molar-refractivity contribution >= 4 is 29.5 Å². The van der Waals surface area contributed by atoms with Gasteiger partial charge in [-0.3, -0.25) is 0 Å². The molecule has 0 aliphatic heterocycles. The maximum atomic E-state index is 15.1. The third-order valence-electron chi connectivity index (χ3n) is 7.82. The molecule has 31 heavy (non-hydrogen) atoms. The SMILES string of the molecule is O=P(c1ccccc1)(c1ccccc1)[C@@H]1CCC(SC2CCCCC2)=C[C@H]2CCC[C@@H]12. The molecular weight excluding hydrogens is 415 g/mol. The number of rotatable bonds is 5. The molecule has 0 heterocycles. The fourth-order valence-electron chi connectivity index (χ4n) is 6.31. The number of hydrogen-bond acceptors (Lipinski definition) is 2. The van der Waals surface area contributed by atoms with E-state index in [2.05, 4.69) is 66.4 Å². The Balaban J connectivity index is 1.49. The number of hydrogen-bond donors (Lipinski definition) is 0. The molecule has 0 amide bonds. The number of allylic oxidation sites excluding steroid dienone is 2. The highest BCUT2D eigenvalue weighted by molar-refractivity contribution is 8.03. The van der Waals surface area contributed by atoms with Crippen molar-refractivity contribution in [1.82, 2.24) is 0 Å². The van der Waals surface area contributed by atoms with Crippen LogP contribution in [-0.2, 0) is 4.57 Å². The van der Waals surface area contributed by atoms with Crippen molar-refractivity contribution < 1.29 is 4.57 Å². The van der Waals surface area contributed by atoms with Gasteiger partial charge in [-0.15, -0.1) is 11.8 Å². The minimum Gasteiger partial charge on any atom is -0.313 e. The smallest absolute Gasteiger partial charge is 0.146 e. The quantitative estimate of drug-likeness (QED) is 0.438. The average Bonchev–Trinajstić information content (AvgIpc) is 3.21. The molecule has 3 heteroatoms. The van der Waals surface area contributed by atoms with E-state index in [0.717, 1.165) is 28.7 Å². The molecule has 5 rings (SSSR count). The van der Waals surface area contributed by atoms with Crippen LogP contribution in [0.5, 0.6) is 0 Å². The van der Waals surface area contributed by atoms with Crippen LogP contribution in [0.4, 0.5) is 0 Å². The van der Waals surface area contributed by atoms with Crippen LogP contribution in [0.25, 0.3) is 0 Å². The van der Waals surface area contributed by atoms with E-state index in [1.807, 2.05) is 12.1 Å². The van der Waals surface area contributed by atoms with Gasteiger partial charge < -0.3 is 4.57 Å². The maximum absolute atomic E-state index is 15.1. The van der Waals surface area contributed by atoms with Crippen LogP contribution >= 0.6 is 18.9 Å². The molecule has 0 spiro atoms. The summed E-state index contributed by atoms with van der Waals surface area (Å²) in [5.74, 6) is 1.16. The molecule has 3 aliphatic carbocycles. The first-order valence-electron chi connectivity index (χ1n) is 12.3. The number of fused-ring (bicyclic) bond motifs is 1. The molecule has 2 fully saturated rings. The Hall–Kier alpha value is -1.24. The molecule has 1 nitrogen and oxygen atoms in total. The molecule has 3 atom stereocenters. The summed E-state index contributed by atoms with van der Waals surface area (Å²) in [6.07, 6.45) is 15.6. The van der Waals surface area contributed by atoms with Crippen molar-refractivity contribution in [2.24, 2.45) is 11.8 Å². The lowest BCUT2D eigenvalue weighted by atomic mass is 9.93. The van der Waals surface area contributed by atoms with E-state index in [-0.39, 0.29) is 5.66 Å². The van der Waals surface area contributed by atoms with Gasteiger partial charge in [0.2, 0.25) is 0 Å². The second-order valence-electron chi connectivity index (χ2n) is 9.70. The molecule has 0 unspecified atom stereocenters. The van der Waals surface area contributed by atoms with Gasteiger partial charge in [0, 0.05) is 21.5 Å². The molecule has 0 bridgehead atoms. The van der Waals surface area contributed by atoms with Gasteiger partial charge in [0.25, 0.3) is 0 Å².